The summed E-state index contributed by atoms with van der Waals surface area (Å²) < 4.78 is 5.40. The lowest BCUT2D eigenvalue weighted by molar-refractivity contribution is 0.419. The number of methoxy groups -OCH3 is 1. The molecular formula is C14H18N2O. The molecule has 1 aromatic carbocycles. The number of nitrogens with zero attached hydrogens (tertiary/aromatic N) is 1. The van der Waals surface area contributed by atoms with Crippen molar-refractivity contribution in [1.29, 1.82) is 0 Å². The van der Waals surface area contributed by atoms with Gasteiger partial charge in [0.15, 0.2) is 0 Å². The Labute approximate surface area is 102 Å². The summed E-state index contributed by atoms with van der Waals surface area (Å²) in [5.74, 6) is 0.856. The van der Waals surface area contributed by atoms with Gasteiger partial charge in [0.05, 0.1) is 12.8 Å². The number of benzene rings is 1. The molecule has 0 spiro atoms. The maximum Gasteiger partial charge on any atom is 0.128 e. The summed E-state index contributed by atoms with van der Waals surface area (Å²) >= 11 is 0. The Morgan fingerprint density at radius 2 is 2.06 bits per heavy atom. The van der Waals surface area contributed by atoms with Gasteiger partial charge in [-0.1, -0.05) is 12.1 Å². The fraction of sp³-hybridized carbons (Fsp3) is 0.357. The van der Waals surface area contributed by atoms with Crippen molar-refractivity contribution in [2.24, 2.45) is 5.73 Å². The van der Waals surface area contributed by atoms with Crippen LogP contribution in [0.2, 0.25) is 0 Å². The predicted molar refractivity (Wildman–Crippen MR) is 70.3 cm³/mol. The second-order valence-electron chi connectivity index (χ2n) is 4.98. The summed E-state index contributed by atoms with van der Waals surface area (Å²) in [5.41, 5.74) is 6.79. The Morgan fingerprint density at radius 1 is 1.29 bits per heavy atom. The molecule has 0 bridgehead atoms. The van der Waals surface area contributed by atoms with Gasteiger partial charge in [0.25, 0.3) is 0 Å². The van der Waals surface area contributed by atoms with Gasteiger partial charge in [-0.2, -0.15) is 0 Å². The van der Waals surface area contributed by atoms with Crippen molar-refractivity contribution in [1.82, 2.24) is 4.98 Å². The van der Waals surface area contributed by atoms with E-state index in [4.69, 9.17) is 10.5 Å². The molecule has 0 unspecified atom stereocenters. The molecule has 0 fully saturated rings. The SMILES string of the molecule is COc1cccc2ccnc(CC(C)(C)N)c12. The van der Waals surface area contributed by atoms with Crippen molar-refractivity contribution in [2.45, 2.75) is 25.8 Å². The normalized spacial score (nSPS) is 11.8. The highest BCUT2D eigenvalue weighted by Gasteiger charge is 2.16. The van der Waals surface area contributed by atoms with Crippen molar-refractivity contribution in [3.05, 3.63) is 36.2 Å². The van der Waals surface area contributed by atoms with Crippen LogP contribution in [0.5, 0.6) is 5.75 Å². The molecule has 0 aliphatic rings. The van der Waals surface area contributed by atoms with Crippen LogP contribution in [0.4, 0.5) is 0 Å². The zero-order valence-electron chi connectivity index (χ0n) is 10.5. The first-order chi connectivity index (χ1) is 8.01. The van der Waals surface area contributed by atoms with E-state index in [-0.39, 0.29) is 5.54 Å². The molecule has 17 heavy (non-hydrogen) atoms. The third-order valence-electron chi connectivity index (χ3n) is 2.67. The lowest BCUT2D eigenvalue weighted by atomic mass is 9.96. The van der Waals surface area contributed by atoms with Gasteiger partial charge in [-0.15, -0.1) is 0 Å². The quantitative estimate of drug-likeness (QED) is 0.881. The van der Waals surface area contributed by atoms with Crippen LogP contribution in [0.1, 0.15) is 19.5 Å². The Kier molecular flexibility index (Phi) is 3.03. The van der Waals surface area contributed by atoms with Gasteiger partial charge in [-0.05, 0) is 31.4 Å². The average molecular weight is 230 g/mol. The molecule has 0 radical (unpaired) electrons. The summed E-state index contributed by atoms with van der Waals surface area (Å²) in [6.45, 7) is 4.01. The Hall–Kier alpha value is -1.61. The second-order valence-corrected chi connectivity index (χ2v) is 4.98. The first kappa shape index (κ1) is 11.9. The maximum atomic E-state index is 6.07. The predicted octanol–water partition coefficient (Wildman–Crippen LogP) is 2.52. The molecule has 3 heteroatoms. The Bertz CT molecular complexity index is 524. The molecule has 0 saturated carbocycles. The van der Waals surface area contributed by atoms with Crippen molar-refractivity contribution in [3.8, 4) is 5.75 Å². The van der Waals surface area contributed by atoms with E-state index in [9.17, 15) is 0 Å². The van der Waals surface area contributed by atoms with E-state index < -0.39 is 0 Å². The van der Waals surface area contributed by atoms with Crippen LogP contribution in [-0.2, 0) is 6.42 Å². The average Bonchev–Trinajstić information content (AvgIpc) is 2.26. The lowest BCUT2D eigenvalue weighted by Gasteiger charge is -2.19. The fourth-order valence-corrected chi connectivity index (χ4v) is 2.00. The smallest absolute Gasteiger partial charge is 0.128 e. The summed E-state index contributed by atoms with van der Waals surface area (Å²) in [5, 5.41) is 2.20. The second kappa shape index (κ2) is 4.34. The third-order valence-corrected chi connectivity index (χ3v) is 2.67. The van der Waals surface area contributed by atoms with Gasteiger partial charge < -0.3 is 10.5 Å². The molecule has 0 aliphatic carbocycles. The highest BCUT2D eigenvalue weighted by atomic mass is 16.5. The number of aromatic nitrogens is 1. The zero-order valence-corrected chi connectivity index (χ0v) is 10.5. The van der Waals surface area contributed by atoms with Crippen LogP contribution < -0.4 is 10.5 Å². The highest BCUT2D eigenvalue weighted by Crippen LogP contribution is 2.28. The molecule has 0 saturated heterocycles. The van der Waals surface area contributed by atoms with Gasteiger partial charge >= 0.3 is 0 Å². The number of hydrogen-bond donors (Lipinski definition) is 1. The Balaban J connectivity index is 2.62. The summed E-state index contributed by atoms with van der Waals surface area (Å²) in [4.78, 5) is 4.44. The minimum absolute atomic E-state index is 0.276. The Morgan fingerprint density at radius 3 is 2.71 bits per heavy atom. The van der Waals surface area contributed by atoms with Gasteiger partial charge in [0.2, 0.25) is 0 Å². The van der Waals surface area contributed by atoms with Gasteiger partial charge in [-0.25, -0.2) is 0 Å². The largest absolute Gasteiger partial charge is 0.496 e. The molecule has 2 aromatic rings. The first-order valence-corrected chi connectivity index (χ1v) is 5.71. The zero-order chi connectivity index (χ0) is 12.5. The summed E-state index contributed by atoms with van der Waals surface area (Å²) in [6, 6.07) is 7.99. The van der Waals surface area contributed by atoms with Crippen molar-refractivity contribution < 1.29 is 4.74 Å². The van der Waals surface area contributed by atoms with Crippen LogP contribution in [0.25, 0.3) is 10.8 Å². The molecular weight excluding hydrogens is 212 g/mol. The number of nitrogens with two attached hydrogens (primary N) is 1. The van der Waals surface area contributed by atoms with Crippen LogP contribution in [-0.4, -0.2) is 17.6 Å². The highest BCUT2D eigenvalue weighted by molar-refractivity contribution is 5.90. The lowest BCUT2D eigenvalue weighted by Crippen LogP contribution is -2.34. The number of pyridine rings is 1. The van der Waals surface area contributed by atoms with Crippen molar-refractivity contribution in [2.75, 3.05) is 7.11 Å². The molecule has 2 N–H and O–H groups in total. The summed E-state index contributed by atoms with van der Waals surface area (Å²) in [7, 11) is 1.68. The molecule has 90 valence electrons. The standard InChI is InChI=1S/C14H18N2O/c1-14(2,15)9-11-13-10(7-8-16-11)5-4-6-12(13)17-3/h4-8H,9,15H2,1-3H3. The molecule has 2 rings (SSSR count). The molecule has 3 nitrogen and oxygen atoms in total. The molecule has 0 amide bonds. The van der Waals surface area contributed by atoms with E-state index in [1.54, 1.807) is 7.11 Å². The van der Waals surface area contributed by atoms with Gasteiger partial charge in [0.1, 0.15) is 5.75 Å². The van der Waals surface area contributed by atoms with E-state index >= 15 is 0 Å². The topological polar surface area (TPSA) is 48.1 Å². The minimum Gasteiger partial charge on any atom is -0.496 e. The van der Waals surface area contributed by atoms with Crippen molar-refractivity contribution in [3.63, 3.8) is 0 Å². The summed E-state index contributed by atoms with van der Waals surface area (Å²) in [6.07, 6.45) is 2.55. The number of fused-ring (bicyclic) bond motifs is 1. The fourth-order valence-electron chi connectivity index (χ4n) is 2.00. The molecule has 1 aromatic heterocycles. The number of ether oxygens (including phenoxy) is 1. The van der Waals surface area contributed by atoms with E-state index in [0.29, 0.717) is 0 Å². The number of rotatable bonds is 3. The van der Waals surface area contributed by atoms with E-state index in [1.165, 1.54) is 0 Å². The van der Waals surface area contributed by atoms with E-state index in [1.807, 2.05) is 38.2 Å². The molecule has 0 aliphatic heterocycles. The minimum atomic E-state index is -0.276. The van der Waals surface area contributed by atoms with Crippen molar-refractivity contribution >= 4 is 10.8 Å². The van der Waals surface area contributed by atoms with Crippen LogP contribution in [0, 0.1) is 0 Å². The van der Waals surface area contributed by atoms with E-state index in [0.717, 1.165) is 28.6 Å². The maximum absolute atomic E-state index is 6.07. The molecule has 1 heterocycles. The number of hydrogen-bond acceptors (Lipinski definition) is 3. The van der Waals surface area contributed by atoms with E-state index in [2.05, 4.69) is 11.1 Å². The van der Waals surface area contributed by atoms with Gasteiger partial charge in [-0.3, -0.25) is 4.98 Å². The van der Waals surface area contributed by atoms with Crippen LogP contribution in [0.3, 0.4) is 0 Å². The third kappa shape index (κ3) is 2.56. The molecule has 0 atom stereocenters. The van der Waals surface area contributed by atoms with Crippen LogP contribution >= 0.6 is 0 Å². The van der Waals surface area contributed by atoms with Crippen LogP contribution in [0.15, 0.2) is 30.5 Å². The van der Waals surface area contributed by atoms with Gasteiger partial charge in [0, 0.05) is 23.5 Å². The first-order valence-electron chi connectivity index (χ1n) is 5.71. The monoisotopic (exact) mass is 230 g/mol.